The summed E-state index contributed by atoms with van der Waals surface area (Å²) in [6.07, 6.45) is 21.3. The molecule has 0 aromatic carbocycles. The van der Waals surface area contributed by atoms with Gasteiger partial charge in [0.1, 0.15) is 0 Å². The largest absolute Gasteiger partial charge is 2.00 e. The van der Waals surface area contributed by atoms with Crippen LogP contribution >= 0.6 is 11.1 Å². The fraction of sp³-hybridized carbons (Fsp3) is 0.286. The van der Waals surface area contributed by atoms with Gasteiger partial charge in [-0.1, -0.05) is 12.8 Å². The van der Waals surface area contributed by atoms with E-state index in [0.29, 0.717) is 0 Å². The van der Waals surface area contributed by atoms with Crippen LogP contribution in [0.4, 0.5) is 0 Å². The van der Waals surface area contributed by atoms with Crippen molar-refractivity contribution in [2.45, 2.75) is 24.9 Å². The molecule has 2 saturated carbocycles. The van der Waals surface area contributed by atoms with E-state index in [0.717, 1.165) is 0 Å². The molecular formula is C14H17ClFeSi+2. The average molecular weight is 305 g/mol. The van der Waals surface area contributed by atoms with Crippen LogP contribution in [0.3, 0.4) is 0 Å². The van der Waals surface area contributed by atoms with Gasteiger partial charge in [-0.2, -0.15) is 11.1 Å². The van der Waals surface area contributed by atoms with Gasteiger partial charge in [-0.05, 0) is 75.4 Å². The molecule has 10 radical (unpaired) electrons. The summed E-state index contributed by atoms with van der Waals surface area (Å²) < 4.78 is 0. The van der Waals surface area contributed by atoms with Crippen molar-refractivity contribution in [1.82, 2.24) is 0 Å². The van der Waals surface area contributed by atoms with Crippen molar-refractivity contribution in [2.75, 3.05) is 0 Å². The van der Waals surface area contributed by atoms with E-state index in [-0.39, 0.29) is 17.1 Å². The third-order valence-electron chi connectivity index (χ3n) is 3.13. The van der Waals surface area contributed by atoms with Crippen LogP contribution in [0.2, 0.25) is 12.1 Å². The van der Waals surface area contributed by atoms with Crippen molar-refractivity contribution in [3.05, 3.63) is 63.3 Å². The number of rotatable bonds is 1. The molecule has 3 rings (SSSR count). The Balaban J connectivity index is 0.000000205. The van der Waals surface area contributed by atoms with Gasteiger partial charge < -0.3 is 0 Å². The van der Waals surface area contributed by atoms with Gasteiger partial charge in [-0.25, -0.2) is 0 Å². The first-order chi connectivity index (χ1) is 7.81. The van der Waals surface area contributed by atoms with E-state index in [1.54, 1.807) is 0 Å². The molecule has 3 aliphatic rings. The second-order valence-corrected chi connectivity index (χ2v) is 9.99. The molecule has 0 unspecified atom stereocenters. The topological polar surface area (TPSA) is 0 Å². The molecule has 3 heteroatoms. The Hall–Kier alpha value is 1.03. The van der Waals surface area contributed by atoms with Crippen molar-refractivity contribution >= 4 is 18.5 Å². The zero-order valence-corrected chi connectivity index (χ0v) is 12.6. The zero-order valence-electron chi connectivity index (χ0n) is 9.76. The number of hydrogen-bond acceptors (Lipinski definition) is 0. The molecule has 1 aliphatic heterocycles. The summed E-state index contributed by atoms with van der Waals surface area (Å²) in [5.74, 6) is 0. The fourth-order valence-corrected chi connectivity index (χ4v) is 6.64. The summed E-state index contributed by atoms with van der Waals surface area (Å²) >= 11 is 6.58. The maximum atomic E-state index is 6.58. The third-order valence-corrected chi connectivity index (χ3v) is 8.58. The van der Waals surface area contributed by atoms with Crippen LogP contribution in [0.25, 0.3) is 0 Å². The SMILES string of the molecule is Cl[Si]1([C]2[CH][CH][CH][CH]2)CCCC1.[CH]1[CH][CH][CH][CH]1.[Fe+2]. The third kappa shape index (κ3) is 4.89. The fourth-order valence-electron chi connectivity index (χ4n) is 2.22. The Kier molecular flexibility index (Phi) is 7.80. The molecule has 3 fully saturated rings. The summed E-state index contributed by atoms with van der Waals surface area (Å²) in [4.78, 5) is 0. The first-order valence-electron chi connectivity index (χ1n) is 5.89. The van der Waals surface area contributed by atoms with Crippen molar-refractivity contribution in [3.8, 4) is 0 Å². The summed E-state index contributed by atoms with van der Waals surface area (Å²) in [6, 6.07) is 2.58. The quantitative estimate of drug-likeness (QED) is 0.509. The van der Waals surface area contributed by atoms with Crippen LogP contribution in [0.1, 0.15) is 12.8 Å². The van der Waals surface area contributed by atoms with Gasteiger partial charge in [0.25, 0.3) is 0 Å². The first-order valence-corrected chi connectivity index (χ1v) is 9.32. The molecule has 0 bridgehead atoms. The van der Waals surface area contributed by atoms with Gasteiger partial charge in [-0.3, -0.25) is 0 Å². The van der Waals surface area contributed by atoms with E-state index in [2.05, 4.69) is 25.7 Å². The maximum absolute atomic E-state index is 6.58. The zero-order chi connectivity index (χ0) is 11.3. The smallest absolute Gasteiger partial charge is 0.166 e. The molecule has 0 amide bonds. The Morgan fingerprint density at radius 2 is 1.18 bits per heavy atom. The van der Waals surface area contributed by atoms with Crippen LogP contribution < -0.4 is 0 Å². The van der Waals surface area contributed by atoms with Crippen LogP contribution in [-0.4, -0.2) is 7.38 Å². The molecule has 17 heavy (non-hydrogen) atoms. The van der Waals surface area contributed by atoms with Gasteiger partial charge in [0.15, 0.2) is 7.38 Å². The molecule has 1 heterocycles. The Bertz CT molecular complexity index is 187. The van der Waals surface area contributed by atoms with E-state index in [1.807, 2.05) is 32.1 Å². The second kappa shape index (κ2) is 8.25. The molecule has 0 nitrogen and oxygen atoms in total. The minimum atomic E-state index is -1.44. The predicted octanol–water partition coefficient (Wildman–Crippen LogP) is 3.93. The van der Waals surface area contributed by atoms with Crippen LogP contribution in [0.5, 0.6) is 0 Å². The van der Waals surface area contributed by atoms with Gasteiger partial charge in [-0.15, -0.1) is 0 Å². The summed E-state index contributed by atoms with van der Waals surface area (Å²) in [7, 11) is -1.44. The van der Waals surface area contributed by atoms with Gasteiger partial charge in [0.05, 0.1) is 0 Å². The van der Waals surface area contributed by atoms with E-state index in [9.17, 15) is 0 Å². The molecule has 0 spiro atoms. The number of hydrogen-bond donors (Lipinski definition) is 0. The van der Waals surface area contributed by atoms with Crippen molar-refractivity contribution in [1.29, 1.82) is 0 Å². The second-order valence-electron chi connectivity index (χ2n) is 4.31. The average Bonchev–Trinajstić information content (AvgIpc) is 3.04. The summed E-state index contributed by atoms with van der Waals surface area (Å²) in [5, 5.41) is 0. The Morgan fingerprint density at radius 3 is 1.59 bits per heavy atom. The van der Waals surface area contributed by atoms with E-state index < -0.39 is 7.38 Å². The molecule has 0 aromatic rings. The van der Waals surface area contributed by atoms with E-state index in [1.165, 1.54) is 30.5 Å². The van der Waals surface area contributed by atoms with E-state index in [4.69, 9.17) is 11.1 Å². The normalized spacial score (nSPS) is 27.4. The Labute approximate surface area is 123 Å². The standard InChI is InChI=1S/C9H12ClSi.C5H5.Fe/c10-11(7-3-4-8-11)9-5-1-2-6-9;1-2-4-5-3-1;/h1-2,5-6H,3-4,7-8H2;1-5H;/q;;+2. The maximum Gasteiger partial charge on any atom is 2.00 e. The molecule has 1 saturated heterocycles. The molecule has 0 aromatic heterocycles. The van der Waals surface area contributed by atoms with Crippen LogP contribution in [0, 0.1) is 63.3 Å². The molecule has 0 N–H and O–H groups in total. The van der Waals surface area contributed by atoms with E-state index >= 15 is 0 Å². The Morgan fingerprint density at radius 1 is 0.765 bits per heavy atom. The van der Waals surface area contributed by atoms with Crippen LogP contribution in [-0.2, 0) is 17.1 Å². The summed E-state index contributed by atoms with van der Waals surface area (Å²) in [5.41, 5.74) is 1.46. The van der Waals surface area contributed by atoms with Gasteiger partial charge in [0, 0.05) is 0 Å². The monoisotopic (exact) mass is 304 g/mol. The molecule has 2 aliphatic carbocycles. The minimum absolute atomic E-state index is 0. The van der Waals surface area contributed by atoms with Gasteiger partial charge in [0.2, 0.25) is 0 Å². The van der Waals surface area contributed by atoms with Crippen molar-refractivity contribution in [3.63, 3.8) is 0 Å². The van der Waals surface area contributed by atoms with Crippen molar-refractivity contribution in [2.24, 2.45) is 0 Å². The minimum Gasteiger partial charge on any atom is -0.166 e. The molecular weight excluding hydrogens is 288 g/mol. The number of halogens is 1. The summed E-state index contributed by atoms with van der Waals surface area (Å²) in [6.45, 7) is 0. The molecule has 0 atom stereocenters. The molecule has 90 valence electrons. The van der Waals surface area contributed by atoms with Gasteiger partial charge >= 0.3 is 17.1 Å². The van der Waals surface area contributed by atoms with Crippen molar-refractivity contribution < 1.29 is 17.1 Å². The predicted molar refractivity (Wildman–Crippen MR) is 72.4 cm³/mol. The first kappa shape index (κ1) is 16.1. The van der Waals surface area contributed by atoms with Crippen LogP contribution in [0.15, 0.2) is 0 Å².